The minimum Gasteiger partial charge on any atom is -0.464 e. The van der Waals surface area contributed by atoms with E-state index < -0.39 is 9.84 Å². The van der Waals surface area contributed by atoms with E-state index in [2.05, 4.69) is 5.32 Å². The molecule has 5 heteroatoms. The van der Waals surface area contributed by atoms with Crippen molar-refractivity contribution in [1.82, 2.24) is 5.32 Å². The highest BCUT2D eigenvalue weighted by atomic mass is 32.2. The first-order chi connectivity index (χ1) is 8.09. The van der Waals surface area contributed by atoms with E-state index >= 15 is 0 Å². The highest BCUT2D eigenvalue weighted by Crippen LogP contribution is 2.20. The standard InChI is InChI=1S/C12H19NO3S/c1-2-7-17(14,15)9-12-6-5-11(16-12)8-13-10-3-4-10/h5-6,10,13H,2-4,7-9H2,1H3. The maximum absolute atomic E-state index is 11.6. The van der Waals surface area contributed by atoms with Crippen molar-refractivity contribution in [3.63, 3.8) is 0 Å². The van der Waals surface area contributed by atoms with Crippen molar-refractivity contribution in [2.24, 2.45) is 0 Å². The van der Waals surface area contributed by atoms with Gasteiger partial charge in [0.2, 0.25) is 0 Å². The summed E-state index contributed by atoms with van der Waals surface area (Å²) < 4.78 is 28.7. The molecule has 0 aliphatic heterocycles. The summed E-state index contributed by atoms with van der Waals surface area (Å²) >= 11 is 0. The number of sulfone groups is 1. The first-order valence-corrected chi connectivity index (χ1v) is 7.92. The summed E-state index contributed by atoms with van der Waals surface area (Å²) in [7, 11) is -3.00. The third-order valence-electron chi connectivity index (χ3n) is 2.74. The number of hydrogen-bond acceptors (Lipinski definition) is 4. The number of hydrogen-bond donors (Lipinski definition) is 1. The minimum atomic E-state index is -3.00. The molecule has 0 aromatic carbocycles. The summed E-state index contributed by atoms with van der Waals surface area (Å²) in [6, 6.07) is 4.25. The summed E-state index contributed by atoms with van der Waals surface area (Å²) in [6.45, 7) is 2.56. The van der Waals surface area contributed by atoms with Crippen LogP contribution in [-0.2, 0) is 22.1 Å². The minimum absolute atomic E-state index is 0.0181. The molecule has 0 amide bonds. The Bertz CT molecular complexity index is 460. The first-order valence-electron chi connectivity index (χ1n) is 6.10. The third-order valence-corrected chi connectivity index (χ3v) is 4.49. The Labute approximate surface area is 102 Å². The molecule has 0 atom stereocenters. The molecule has 1 aliphatic carbocycles. The summed E-state index contributed by atoms with van der Waals surface area (Å²) in [6.07, 6.45) is 3.12. The predicted molar refractivity (Wildman–Crippen MR) is 66.4 cm³/mol. The Hall–Kier alpha value is -0.810. The molecule has 0 spiro atoms. The Morgan fingerprint density at radius 2 is 2.06 bits per heavy atom. The third kappa shape index (κ3) is 4.16. The van der Waals surface area contributed by atoms with Crippen LogP contribution in [0.2, 0.25) is 0 Å². The number of nitrogens with one attached hydrogen (secondary N) is 1. The lowest BCUT2D eigenvalue weighted by molar-refractivity contribution is 0.455. The van der Waals surface area contributed by atoms with Gasteiger partial charge in [-0.3, -0.25) is 0 Å². The lowest BCUT2D eigenvalue weighted by Gasteiger charge is -2.00. The molecule has 1 heterocycles. The quantitative estimate of drug-likeness (QED) is 0.810. The molecule has 0 radical (unpaired) electrons. The average Bonchev–Trinajstić information content (AvgIpc) is 2.97. The maximum atomic E-state index is 11.6. The Morgan fingerprint density at radius 1 is 1.35 bits per heavy atom. The summed E-state index contributed by atoms with van der Waals surface area (Å²) in [4.78, 5) is 0. The topological polar surface area (TPSA) is 59.3 Å². The molecule has 1 aromatic heterocycles. The summed E-state index contributed by atoms with van der Waals surface area (Å²) in [5.74, 6) is 1.61. The van der Waals surface area contributed by atoms with Crippen LogP contribution in [0.15, 0.2) is 16.5 Å². The fourth-order valence-corrected chi connectivity index (χ4v) is 3.08. The van der Waals surface area contributed by atoms with Gasteiger partial charge in [-0.15, -0.1) is 0 Å². The van der Waals surface area contributed by atoms with E-state index in [1.165, 1.54) is 12.8 Å². The molecule has 96 valence electrons. The molecule has 1 saturated carbocycles. The van der Waals surface area contributed by atoms with Crippen LogP contribution < -0.4 is 5.32 Å². The Balaban J connectivity index is 1.88. The van der Waals surface area contributed by atoms with Crippen molar-refractivity contribution >= 4 is 9.84 Å². The zero-order valence-electron chi connectivity index (χ0n) is 10.1. The molecule has 4 nitrogen and oxygen atoms in total. The lowest BCUT2D eigenvalue weighted by Crippen LogP contribution is -2.14. The zero-order valence-corrected chi connectivity index (χ0v) is 10.9. The maximum Gasteiger partial charge on any atom is 0.157 e. The molecule has 0 unspecified atom stereocenters. The number of rotatable bonds is 7. The number of furan rings is 1. The summed E-state index contributed by atoms with van der Waals surface area (Å²) in [5, 5.41) is 3.33. The van der Waals surface area contributed by atoms with E-state index in [4.69, 9.17) is 4.42 Å². The predicted octanol–water partition coefficient (Wildman–Crippen LogP) is 1.86. The van der Waals surface area contributed by atoms with Gasteiger partial charge in [0, 0.05) is 6.04 Å². The molecule has 0 bridgehead atoms. The molecular formula is C12H19NO3S. The van der Waals surface area contributed by atoms with Crippen molar-refractivity contribution in [3.8, 4) is 0 Å². The van der Waals surface area contributed by atoms with E-state index in [0.29, 0.717) is 24.8 Å². The van der Waals surface area contributed by atoms with Crippen molar-refractivity contribution < 1.29 is 12.8 Å². The Morgan fingerprint density at radius 3 is 2.71 bits per heavy atom. The van der Waals surface area contributed by atoms with Crippen molar-refractivity contribution in [1.29, 1.82) is 0 Å². The second-order valence-electron chi connectivity index (χ2n) is 4.62. The van der Waals surface area contributed by atoms with Gasteiger partial charge in [0.25, 0.3) is 0 Å². The van der Waals surface area contributed by atoms with E-state index in [1.54, 1.807) is 6.07 Å². The van der Waals surface area contributed by atoms with E-state index in [9.17, 15) is 8.42 Å². The van der Waals surface area contributed by atoms with Crippen LogP contribution in [-0.4, -0.2) is 20.2 Å². The molecule has 2 rings (SSSR count). The van der Waals surface area contributed by atoms with Gasteiger partial charge in [0.15, 0.2) is 9.84 Å². The molecule has 1 fully saturated rings. The molecule has 1 aliphatic rings. The second-order valence-corrected chi connectivity index (χ2v) is 6.80. The largest absolute Gasteiger partial charge is 0.464 e. The normalized spacial score (nSPS) is 16.3. The van der Waals surface area contributed by atoms with Gasteiger partial charge in [0.1, 0.15) is 17.3 Å². The molecule has 1 aromatic rings. The molecule has 1 N–H and O–H groups in total. The average molecular weight is 257 g/mol. The highest BCUT2D eigenvalue weighted by Gasteiger charge is 2.20. The monoisotopic (exact) mass is 257 g/mol. The lowest BCUT2D eigenvalue weighted by atomic mass is 10.4. The van der Waals surface area contributed by atoms with Crippen molar-refractivity contribution in [2.75, 3.05) is 5.75 Å². The van der Waals surface area contributed by atoms with Crippen molar-refractivity contribution in [2.45, 2.75) is 44.5 Å². The fraction of sp³-hybridized carbons (Fsp3) is 0.667. The Kier molecular flexibility index (Phi) is 3.89. The van der Waals surface area contributed by atoms with Crippen LogP contribution in [0.4, 0.5) is 0 Å². The van der Waals surface area contributed by atoms with Gasteiger partial charge in [-0.1, -0.05) is 6.92 Å². The highest BCUT2D eigenvalue weighted by molar-refractivity contribution is 7.90. The van der Waals surface area contributed by atoms with Gasteiger partial charge in [-0.05, 0) is 31.4 Å². The van der Waals surface area contributed by atoms with Crippen molar-refractivity contribution in [3.05, 3.63) is 23.7 Å². The van der Waals surface area contributed by atoms with Gasteiger partial charge < -0.3 is 9.73 Å². The van der Waals surface area contributed by atoms with E-state index in [-0.39, 0.29) is 11.5 Å². The van der Waals surface area contributed by atoms with Crippen LogP contribution in [0.25, 0.3) is 0 Å². The molecular weight excluding hydrogens is 238 g/mol. The zero-order chi connectivity index (χ0) is 12.3. The molecule has 17 heavy (non-hydrogen) atoms. The van der Waals surface area contributed by atoms with Gasteiger partial charge in [-0.2, -0.15) is 0 Å². The SMILES string of the molecule is CCCS(=O)(=O)Cc1ccc(CNC2CC2)o1. The van der Waals surface area contributed by atoms with E-state index in [0.717, 1.165) is 5.76 Å². The summed E-state index contributed by atoms with van der Waals surface area (Å²) in [5.41, 5.74) is 0. The van der Waals surface area contributed by atoms with Crippen LogP contribution in [0, 0.1) is 0 Å². The first kappa shape index (κ1) is 12.6. The van der Waals surface area contributed by atoms with Crippen LogP contribution in [0.5, 0.6) is 0 Å². The van der Waals surface area contributed by atoms with Crippen LogP contribution >= 0.6 is 0 Å². The van der Waals surface area contributed by atoms with Crippen LogP contribution in [0.1, 0.15) is 37.7 Å². The fourth-order valence-electron chi connectivity index (χ4n) is 1.73. The van der Waals surface area contributed by atoms with Gasteiger partial charge in [-0.25, -0.2) is 8.42 Å². The van der Waals surface area contributed by atoms with E-state index in [1.807, 2.05) is 13.0 Å². The van der Waals surface area contributed by atoms with Crippen LogP contribution in [0.3, 0.4) is 0 Å². The smallest absolute Gasteiger partial charge is 0.157 e. The van der Waals surface area contributed by atoms with Gasteiger partial charge >= 0.3 is 0 Å². The molecule has 0 saturated heterocycles. The second kappa shape index (κ2) is 5.23. The van der Waals surface area contributed by atoms with Gasteiger partial charge in [0.05, 0.1) is 12.3 Å².